The highest BCUT2D eigenvalue weighted by atomic mass is 32.1. The lowest BCUT2D eigenvalue weighted by Gasteiger charge is -2.20. The van der Waals surface area contributed by atoms with Crippen molar-refractivity contribution in [2.24, 2.45) is 0 Å². The minimum absolute atomic E-state index is 0.184. The number of nitrogens with zero attached hydrogens (tertiary/aromatic N) is 2. The molecule has 0 spiro atoms. The van der Waals surface area contributed by atoms with Crippen LogP contribution in [0.4, 0.5) is 0 Å². The first-order valence-electron chi connectivity index (χ1n) is 5.59. The summed E-state index contributed by atoms with van der Waals surface area (Å²) < 4.78 is 5.90. The van der Waals surface area contributed by atoms with Gasteiger partial charge in [-0.15, -0.1) is 0 Å². The molecule has 0 saturated carbocycles. The SMILES string of the molecule is CCCC1CN(C)C(=S)c2cccnc2O1. The van der Waals surface area contributed by atoms with E-state index in [-0.39, 0.29) is 6.10 Å². The summed E-state index contributed by atoms with van der Waals surface area (Å²) in [5.41, 5.74) is 0.929. The molecule has 0 aliphatic carbocycles. The number of likely N-dealkylation sites (N-methyl/N-ethyl adjacent to an activating group) is 1. The van der Waals surface area contributed by atoms with Crippen LogP contribution in [0.5, 0.6) is 5.88 Å². The van der Waals surface area contributed by atoms with Gasteiger partial charge in [-0.3, -0.25) is 0 Å². The summed E-state index contributed by atoms with van der Waals surface area (Å²) >= 11 is 5.41. The third-order valence-corrected chi connectivity index (χ3v) is 3.25. The van der Waals surface area contributed by atoms with E-state index < -0.39 is 0 Å². The van der Waals surface area contributed by atoms with E-state index in [0.717, 1.165) is 29.9 Å². The highest BCUT2D eigenvalue weighted by Gasteiger charge is 2.24. The minimum Gasteiger partial charge on any atom is -0.472 e. The van der Waals surface area contributed by atoms with Crippen molar-refractivity contribution in [2.45, 2.75) is 25.9 Å². The van der Waals surface area contributed by atoms with Gasteiger partial charge in [-0.25, -0.2) is 4.98 Å². The fourth-order valence-electron chi connectivity index (χ4n) is 1.91. The molecule has 0 radical (unpaired) electrons. The highest BCUT2D eigenvalue weighted by molar-refractivity contribution is 7.80. The molecule has 2 heterocycles. The molecule has 1 aromatic heterocycles. The molecule has 1 aliphatic heterocycles. The number of thiocarbonyl (C=S) groups is 1. The van der Waals surface area contributed by atoms with E-state index in [9.17, 15) is 0 Å². The van der Waals surface area contributed by atoms with Crippen molar-refractivity contribution in [3.05, 3.63) is 23.9 Å². The lowest BCUT2D eigenvalue weighted by molar-refractivity contribution is 0.165. The van der Waals surface area contributed by atoms with Crippen LogP contribution in [-0.2, 0) is 0 Å². The predicted molar refractivity (Wildman–Crippen MR) is 67.9 cm³/mol. The molecule has 0 fully saturated rings. The third kappa shape index (κ3) is 2.16. The van der Waals surface area contributed by atoms with Crippen LogP contribution in [-0.4, -0.2) is 34.6 Å². The average molecular weight is 236 g/mol. The fraction of sp³-hybridized carbons (Fsp3) is 0.500. The second-order valence-electron chi connectivity index (χ2n) is 4.07. The van der Waals surface area contributed by atoms with E-state index in [1.807, 2.05) is 19.2 Å². The molecule has 86 valence electrons. The van der Waals surface area contributed by atoms with Gasteiger partial charge in [0, 0.05) is 13.2 Å². The van der Waals surface area contributed by atoms with Gasteiger partial charge in [0.1, 0.15) is 11.1 Å². The summed E-state index contributed by atoms with van der Waals surface area (Å²) in [4.78, 5) is 7.15. The maximum Gasteiger partial charge on any atom is 0.224 e. The molecule has 0 N–H and O–H groups in total. The first-order valence-corrected chi connectivity index (χ1v) is 6.00. The van der Waals surface area contributed by atoms with Crippen LogP contribution in [0.25, 0.3) is 0 Å². The Morgan fingerprint density at radius 1 is 1.62 bits per heavy atom. The zero-order valence-electron chi connectivity index (χ0n) is 9.64. The van der Waals surface area contributed by atoms with Crippen LogP contribution in [0.15, 0.2) is 18.3 Å². The second kappa shape index (κ2) is 4.78. The van der Waals surface area contributed by atoms with Crippen LogP contribution in [0.3, 0.4) is 0 Å². The number of rotatable bonds is 2. The van der Waals surface area contributed by atoms with Crippen LogP contribution < -0.4 is 4.74 Å². The van der Waals surface area contributed by atoms with Crippen molar-refractivity contribution in [2.75, 3.05) is 13.6 Å². The molecule has 0 aromatic carbocycles. The first kappa shape index (κ1) is 11.3. The van der Waals surface area contributed by atoms with E-state index in [0.29, 0.717) is 5.88 Å². The second-order valence-corrected chi connectivity index (χ2v) is 4.46. The molecule has 1 aliphatic rings. The summed E-state index contributed by atoms with van der Waals surface area (Å²) in [5.74, 6) is 0.676. The number of ether oxygens (including phenoxy) is 1. The minimum atomic E-state index is 0.184. The molecule has 1 atom stereocenters. The summed E-state index contributed by atoms with van der Waals surface area (Å²) in [6.07, 6.45) is 4.07. The summed E-state index contributed by atoms with van der Waals surface area (Å²) in [5, 5.41) is 0. The van der Waals surface area contributed by atoms with E-state index in [2.05, 4.69) is 16.8 Å². The quantitative estimate of drug-likeness (QED) is 0.735. The van der Waals surface area contributed by atoms with Gasteiger partial charge in [-0.05, 0) is 18.6 Å². The van der Waals surface area contributed by atoms with E-state index in [4.69, 9.17) is 17.0 Å². The Bertz CT molecular complexity index is 394. The molecular weight excluding hydrogens is 220 g/mol. The van der Waals surface area contributed by atoms with Crippen LogP contribution in [0.1, 0.15) is 25.3 Å². The monoisotopic (exact) mass is 236 g/mol. The Hall–Kier alpha value is -1.16. The molecule has 16 heavy (non-hydrogen) atoms. The van der Waals surface area contributed by atoms with Crippen LogP contribution >= 0.6 is 12.2 Å². The molecule has 4 heteroatoms. The lowest BCUT2D eigenvalue weighted by Crippen LogP contribution is -2.33. The zero-order valence-corrected chi connectivity index (χ0v) is 10.5. The van der Waals surface area contributed by atoms with Gasteiger partial charge < -0.3 is 9.64 Å². The number of hydrogen-bond donors (Lipinski definition) is 0. The number of aromatic nitrogens is 1. The van der Waals surface area contributed by atoms with Gasteiger partial charge in [-0.2, -0.15) is 0 Å². The van der Waals surface area contributed by atoms with Crippen LogP contribution in [0.2, 0.25) is 0 Å². The van der Waals surface area contributed by atoms with Crippen molar-refractivity contribution < 1.29 is 4.74 Å². The fourth-order valence-corrected chi connectivity index (χ4v) is 2.14. The zero-order chi connectivity index (χ0) is 11.5. The number of pyridine rings is 1. The molecule has 2 rings (SSSR count). The molecule has 0 saturated heterocycles. The maximum atomic E-state index is 5.90. The van der Waals surface area contributed by atoms with Crippen LogP contribution in [0, 0.1) is 0 Å². The van der Waals surface area contributed by atoms with E-state index in [1.165, 1.54) is 0 Å². The molecule has 1 unspecified atom stereocenters. The van der Waals surface area contributed by atoms with Gasteiger partial charge >= 0.3 is 0 Å². The maximum absolute atomic E-state index is 5.90. The van der Waals surface area contributed by atoms with Crippen molar-refractivity contribution in [3.63, 3.8) is 0 Å². The van der Waals surface area contributed by atoms with E-state index >= 15 is 0 Å². The molecule has 1 aromatic rings. The van der Waals surface area contributed by atoms with Gasteiger partial charge in [-0.1, -0.05) is 25.6 Å². The number of hydrogen-bond acceptors (Lipinski definition) is 3. The van der Waals surface area contributed by atoms with E-state index in [1.54, 1.807) is 6.20 Å². The normalized spacial score (nSPS) is 20.0. The molecular formula is C12H16N2OS. The molecule has 0 bridgehead atoms. The topological polar surface area (TPSA) is 25.4 Å². The first-order chi connectivity index (χ1) is 7.72. The standard InChI is InChI=1S/C12H16N2OS/c1-3-5-9-8-14(2)12(16)10-6-4-7-13-11(10)15-9/h4,6-7,9H,3,5,8H2,1-2H3. The van der Waals surface area contributed by atoms with Gasteiger partial charge in [0.25, 0.3) is 0 Å². The number of fused-ring (bicyclic) bond motifs is 1. The average Bonchev–Trinajstić information content (AvgIpc) is 2.39. The summed E-state index contributed by atoms with van der Waals surface area (Å²) in [6, 6.07) is 3.86. The Kier molecular flexibility index (Phi) is 3.39. The smallest absolute Gasteiger partial charge is 0.224 e. The van der Waals surface area contributed by atoms with Gasteiger partial charge in [0.2, 0.25) is 5.88 Å². The van der Waals surface area contributed by atoms with Gasteiger partial charge in [0.15, 0.2) is 0 Å². The van der Waals surface area contributed by atoms with Crippen molar-refractivity contribution in [3.8, 4) is 5.88 Å². The molecule has 0 amide bonds. The van der Waals surface area contributed by atoms with Crippen molar-refractivity contribution in [1.29, 1.82) is 0 Å². The molecule has 3 nitrogen and oxygen atoms in total. The Morgan fingerprint density at radius 2 is 2.44 bits per heavy atom. The Labute approximate surface area is 101 Å². The Morgan fingerprint density at radius 3 is 3.19 bits per heavy atom. The lowest BCUT2D eigenvalue weighted by atomic mass is 10.2. The highest BCUT2D eigenvalue weighted by Crippen LogP contribution is 2.23. The summed E-state index contributed by atoms with van der Waals surface area (Å²) in [7, 11) is 2.01. The Balaban J connectivity index is 2.32. The summed E-state index contributed by atoms with van der Waals surface area (Å²) in [6.45, 7) is 2.99. The predicted octanol–water partition coefficient (Wildman–Crippen LogP) is 2.25. The van der Waals surface area contributed by atoms with Crippen molar-refractivity contribution >= 4 is 17.2 Å². The van der Waals surface area contributed by atoms with Crippen molar-refractivity contribution in [1.82, 2.24) is 9.88 Å². The third-order valence-electron chi connectivity index (χ3n) is 2.71. The largest absolute Gasteiger partial charge is 0.472 e. The van der Waals surface area contributed by atoms with Gasteiger partial charge in [0.05, 0.1) is 12.1 Å².